The van der Waals surface area contributed by atoms with Gasteiger partial charge in [0.15, 0.2) is 11.4 Å². The Hall–Kier alpha value is -1.31. The first-order valence-corrected chi connectivity index (χ1v) is 7.39. The molecule has 5 nitrogen and oxygen atoms in total. The van der Waals surface area contributed by atoms with Gasteiger partial charge in [0.25, 0.3) is 0 Å². The highest BCUT2D eigenvalue weighted by atomic mass is 32.1. The van der Waals surface area contributed by atoms with E-state index in [1.807, 2.05) is 24.4 Å². The second-order valence-electron chi connectivity index (χ2n) is 4.08. The molecule has 0 aliphatic carbocycles. The summed E-state index contributed by atoms with van der Waals surface area (Å²) in [7, 11) is 3.56. The summed E-state index contributed by atoms with van der Waals surface area (Å²) < 4.78 is 5.05. The van der Waals surface area contributed by atoms with E-state index in [4.69, 9.17) is 4.74 Å². The van der Waals surface area contributed by atoms with E-state index in [9.17, 15) is 4.79 Å². The van der Waals surface area contributed by atoms with Crippen molar-refractivity contribution in [2.75, 3.05) is 19.1 Å². The van der Waals surface area contributed by atoms with Gasteiger partial charge in [-0.05, 0) is 6.92 Å². The van der Waals surface area contributed by atoms with Crippen LogP contribution in [0.5, 0.6) is 0 Å². The van der Waals surface area contributed by atoms with Crippen molar-refractivity contribution in [3.8, 4) is 0 Å². The zero-order valence-corrected chi connectivity index (χ0v) is 12.7. The normalized spacial score (nSPS) is 10.7. The van der Waals surface area contributed by atoms with Crippen molar-refractivity contribution in [2.24, 2.45) is 0 Å². The van der Waals surface area contributed by atoms with E-state index in [1.165, 1.54) is 16.2 Å². The molecule has 2 heterocycles. The number of thiazole rings is 2. The Bertz CT molecular complexity index is 565. The predicted octanol–water partition coefficient (Wildman–Crippen LogP) is 2.50. The van der Waals surface area contributed by atoms with Crippen LogP contribution in [0.4, 0.5) is 5.13 Å². The number of aldehydes is 1. The summed E-state index contributed by atoms with van der Waals surface area (Å²) in [5.74, 6) is 0. The first-order valence-electron chi connectivity index (χ1n) is 5.69. The van der Waals surface area contributed by atoms with E-state index in [-0.39, 0.29) is 0 Å². The molecule has 102 valence electrons. The van der Waals surface area contributed by atoms with E-state index >= 15 is 0 Å². The lowest BCUT2D eigenvalue weighted by atomic mass is 10.4. The third-order valence-corrected chi connectivity index (χ3v) is 4.71. The summed E-state index contributed by atoms with van der Waals surface area (Å²) in [4.78, 5) is 23.5. The maximum absolute atomic E-state index is 11.0. The summed E-state index contributed by atoms with van der Waals surface area (Å²) in [6.07, 6.45) is 0.835. The highest BCUT2D eigenvalue weighted by Crippen LogP contribution is 2.27. The number of carbonyl (C=O) groups is 1. The van der Waals surface area contributed by atoms with Gasteiger partial charge in [-0.25, -0.2) is 9.97 Å². The molecule has 0 bridgehead atoms. The van der Waals surface area contributed by atoms with E-state index in [0.717, 1.165) is 23.7 Å². The summed E-state index contributed by atoms with van der Waals surface area (Å²) in [5, 5.41) is 0.821. The molecule has 0 saturated carbocycles. The molecule has 0 radical (unpaired) electrons. The van der Waals surface area contributed by atoms with E-state index in [1.54, 1.807) is 18.4 Å². The van der Waals surface area contributed by atoms with Gasteiger partial charge in [-0.15, -0.1) is 11.3 Å². The maximum Gasteiger partial charge on any atom is 0.186 e. The molecule has 0 spiro atoms. The number of aryl methyl sites for hydroxylation is 1. The molecule has 7 heteroatoms. The minimum atomic E-state index is 0.359. The van der Waals surface area contributed by atoms with Crippen molar-refractivity contribution < 1.29 is 9.53 Å². The molecule has 0 aromatic carbocycles. The second-order valence-corrected chi connectivity index (χ2v) is 6.02. The first kappa shape index (κ1) is 14.1. The highest BCUT2D eigenvalue weighted by Gasteiger charge is 2.15. The van der Waals surface area contributed by atoms with Gasteiger partial charge in [-0.1, -0.05) is 11.3 Å². The first-order chi connectivity index (χ1) is 9.15. The van der Waals surface area contributed by atoms with Gasteiger partial charge in [-0.3, -0.25) is 4.79 Å². The van der Waals surface area contributed by atoms with Crippen molar-refractivity contribution in [1.82, 2.24) is 9.97 Å². The van der Waals surface area contributed by atoms with E-state index < -0.39 is 0 Å². The average Bonchev–Trinajstić information content (AvgIpc) is 2.97. The zero-order chi connectivity index (χ0) is 13.8. The van der Waals surface area contributed by atoms with Gasteiger partial charge in [0.05, 0.1) is 34.9 Å². The smallest absolute Gasteiger partial charge is 0.186 e. The van der Waals surface area contributed by atoms with Crippen LogP contribution >= 0.6 is 22.7 Å². The Labute approximate surface area is 119 Å². The number of hydrogen-bond donors (Lipinski definition) is 0. The van der Waals surface area contributed by atoms with Gasteiger partial charge in [0, 0.05) is 19.0 Å². The van der Waals surface area contributed by atoms with Crippen LogP contribution in [0.3, 0.4) is 0 Å². The van der Waals surface area contributed by atoms with E-state index in [2.05, 4.69) is 9.97 Å². The number of aromatic nitrogens is 2. The quantitative estimate of drug-likeness (QED) is 0.767. The summed E-state index contributed by atoms with van der Waals surface area (Å²) in [5.41, 5.74) is 3.58. The Balaban J connectivity index is 2.17. The molecule has 0 unspecified atom stereocenters. The molecule has 0 saturated heterocycles. The van der Waals surface area contributed by atoms with Crippen LogP contribution in [0.15, 0.2) is 5.51 Å². The zero-order valence-electron chi connectivity index (χ0n) is 11.0. The van der Waals surface area contributed by atoms with Crippen LogP contribution in [0, 0.1) is 6.92 Å². The molecule has 0 aliphatic rings. The Morgan fingerprint density at radius 3 is 2.89 bits per heavy atom. The van der Waals surface area contributed by atoms with Crippen molar-refractivity contribution in [1.29, 1.82) is 0 Å². The molecule has 0 fully saturated rings. The van der Waals surface area contributed by atoms with Crippen LogP contribution in [0.2, 0.25) is 0 Å². The lowest BCUT2D eigenvalue weighted by Crippen LogP contribution is -2.16. The van der Waals surface area contributed by atoms with E-state index in [0.29, 0.717) is 17.2 Å². The van der Waals surface area contributed by atoms with Crippen molar-refractivity contribution >= 4 is 34.1 Å². The van der Waals surface area contributed by atoms with Gasteiger partial charge in [0.1, 0.15) is 0 Å². The number of rotatable bonds is 6. The molecule has 0 N–H and O–H groups in total. The third-order valence-electron chi connectivity index (χ3n) is 2.66. The Morgan fingerprint density at radius 1 is 1.53 bits per heavy atom. The number of anilines is 1. The fraction of sp³-hybridized carbons (Fsp3) is 0.417. The Morgan fingerprint density at radius 2 is 2.32 bits per heavy atom. The van der Waals surface area contributed by atoms with Gasteiger partial charge in [0.2, 0.25) is 0 Å². The number of hydrogen-bond acceptors (Lipinski definition) is 7. The van der Waals surface area contributed by atoms with Gasteiger partial charge in [-0.2, -0.15) is 0 Å². The standard InChI is InChI=1S/C12H15N3O2S2/c1-8-10(18-7-13-8)4-15(2)12-14-9(6-17-3)11(5-16)19-12/h5,7H,4,6H2,1-3H3. The topological polar surface area (TPSA) is 55.3 Å². The molecule has 0 amide bonds. The molecule has 2 aromatic heterocycles. The fourth-order valence-electron chi connectivity index (χ4n) is 1.61. The largest absolute Gasteiger partial charge is 0.378 e. The molecule has 2 aromatic rings. The number of ether oxygens (including phenoxy) is 1. The SMILES string of the molecule is COCc1nc(N(C)Cc2scnc2C)sc1C=O. The molecule has 19 heavy (non-hydrogen) atoms. The lowest BCUT2D eigenvalue weighted by molar-refractivity contribution is 0.112. The Kier molecular flexibility index (Phi) is 4.62. The predicted molar refractivity (Wildman–Crippen MR) is 77.2 cm³/mol. The minimum Gasteiger partial charge on any atom is -0.378 e. The summed E-state index contributed by atoms with van der Waals surface area (Å²) >= 11 is 3.02. The monoisotopic (exact) mass is 297 g/mol. The van der Waals surface area contributed by atoms with Gasteiger partial charge < -0.3 is 9.64 Å². The molecule has 0 aliphatic heterocycles. The third kappa shape index (κ3) is 3.17. The van der Waals surface area contributed by atoms with Crippen LogP contribution < -0.4 is 4.90 Å². The average molecular weight is 297 g/mol. The van der Waals surface area contributed by atoms with Gasteiger partial charge >= 0.3 is 0 Å². The number of methoxy groups -OCH3 is 1. The van der Waals surface area contributed by atoms with Crippen LogP contribution in [-0.4, -0.2) is 30.4 Å². The van der Waals surface area contributed by atoms with Crippen LogP contribution in [-0.2, 0) is 17.9 Å². The van der Waals surface area contributed by atoms with Crippen LogP contribution in [0.25, 0.3) is 0 Å². The van der Waals surface area contributed by atoms with Crippen molar-refractivity contribution in [3.63, 3.8) is 0 Å². The lowest BCUT2D eigenvalue weighted by Gasteiger charge is -2.14. The minimum absolute atomic E-state index is 0.359. The summed E-state index contributed by atoms with van der Waals surface area (Å²) in [6, 6.07) is 0. The van der Waals surface area contributed by atoms with Crippen molar-refractivity contribution in [2.45, 2.75) is 20.1 Å². The number of nitrogens with zero attached hydrogens (tertiary/aromatic N) is 3. The van der Waals surface area contributed by atoms with Crippen LogP contribution in [0.1, 0.15) is 25.9 Å². The second kappa shape index (κ2) is 6.23. The molecular formula is C12H15N3O2S2. The molecule has 0 atom stereocenters. The fourth-order valence-corrected chi connectivity index (χ4v) is 3.28. The summed E-state index contributed by atoms with van der Waals surface area (Å²) in [6.45, 7) is 3.10. The maximum atomic E-state index is 11.0. The molecular weight excluding hydrogens is 282 g/mol. The van der Waals surface area contributed by atoms with Crippen molar-refractivity contribution in [3.05, 3.63) is 26.7 Å². The number of carbonyl (C=O) groups excluding carboxylic acids is 1. The molecule has 2 rings (SSSR count). The highest BCUT2D eigenvalue weighted by molar-refractivity contribution is 7.17.